The quantitative estimate of drug-likeness (QED) is 0.511. The van der Waals surface area contributed by atoms with Crippen LogP contribution in [0, 0.1) is 11.6 Å². The van der Waals surface area contributed by atoms with Crippen LogP contribution >= 0.6 is 0 Å². The smallest absolute Gasteiger partial charge is 0.324 e. The van der Waals surface area contributed by atoms with Crippen molar-refractivity contribution < 1.29 is 35.5 Å². The van der Waals surface area contributed by atoms with E-state index in [1.54, 1.807) is 0 Å². The number of pyridine rings is 1. The molecule has 186 valence electrons. The molecule has 2 aromatic heterocycles. The summed E-state index contributed by atoms with van der Waals surface area (Å²) in [7, 11) is 0. The molecule has 1 fully saturated rings. The number of aromatic nitrogens is 4. The number of halogens is 7. The fourth-order valence-electron chi connectivity index (χ4n) is 3.56. The van der Waals surface area contributed by atoms with E-state index in [0.29, 0.717) is 6.07 Å². The van der Waals surface area contributed by atoms with Crippen LogP contribution in [0.1, 0.15) is 35.8 Å². The Balaban J connectivity index is 1.43. The summed E-state index contributed by atoms with van der Waals surface area (Å²) in [6.07, 6.45) is -3.67. The Morgan fingerprint density at radius 3 is 2.66 bits per heavy atom. The molecule has 0 bridgehead atoms. The van der Waals surface area contributed by atoms with Gasteiger partial charge in [0.15, 0.2) is 17.5 Å². The second-order valence-electron chi connectivity index (χ2n) is 7.91. The Morgan fingerprint density at radius 1 is 1.23 bits per heavy atom. The van der Waals surface area contributed by atoms with Crippen LogP contribution in [0.15, 0.2) is 36.8 Å². The number of hydrogen-bond donors (Lipinski definition) is 2. The predicted octanol–water partition coefficient (Wildman–Crippen LogP) is 4.20. The maximum atomic E-state index is 14.6. The first kappa shape index (κ1) is 24.6. The lowest BCUT2D eigenvalue weighted by Crippen LogP contribution is -2.41. The average molecular weight is 502 g/mol. The molecule has 35 heavy (non-hydrogen) atoms. The molecule has 1 aliphatic rings. The van der Waals surface area contributed by atoms with E-state index in [9.17, 15) is 35.5 Å². The standard InChI is InChI=1S/C21H17F7N6O/c22-14-7-12(32-16(35)6-11-2-1-3-13(17(11)23)21(26,27)28)8-29-19(14)34-10-31-18(33-34)15-4-5-20(24,25)9-30-15/h1-3,7-8,10,15,30H,4-6,9H2,(H,32,35). The normalized spacial score (nSPS) is 17.9. The topological polar surface area (TPSA) is 84.7 Å². The van der Waals surface area contributed by atoms with Crippen LogP contribution in [0.25, 0.3) is 5.82 Å². The minimum absolute atomic E-state index is 0.0877. The molecule has 2 N–H and O–H groups in total. The van der Waals surface area contributed by atoms with Crippen molar-refractivity contribution in [3.63, 3.8) is 0 Å². The Kier molecular flexibility index (Phi) is 6.49. The van der Waals surface area contributed by atoms with Gasteiger partial charge in [0.25, 0.3) is 5.92 Å². The number of amides is 1. The number of alkyl halides is 5. The van der Waals surface area contributed by atoms with Crippen molar-refractivity contribution in [3.8, 4) is 5.82 Å². The van der Waals surface area contributed by atoms with Crippen LogP contribution in [0.3, 0.4) is 0 Å². The van der Waals surface area contributed by atoms with Gasteiger partial charge in [0.05, 0.1) is 36.5 Å². The SMILES string of the molecule is O=C(Cc1cccc(C(F)(F)F)c1F)Nc1cnc(-n2cnc(C3CCC(F)(F)CN3)n2)c(F)c1. The summed E-state index contributed by atoms with van der Waals surface area (Å²) in [6.45, 7) is -0.530. The third-order valence-electron chi connectivity index (χ3n) is 5.28. The molecule has 0 saturated carbocycles. The number of piperidine rings is 1. The second kappa shape index (κ2) is 9.24. The van der Waals surface area contributed by atoms with Gasteiger partial charge in [0.1, 0.15) is 12.1 Å². The highest BCUT2D eigenvalue weighted by atomic mass is 19.4. The van der Waals surface area contributed by atoms with Gasteiger partial charge in [-0.15, -0.1) is 5.10 Å². The van der Waals surface area contributed by atoms with Gasteiger partial charge in [0, 0.05) is 12.5 Å². The molecule has 3 heterocycles. The highest BCUT2D eigenvalue weighted by Crippen LogP contribution is 2.33. The Labute approximate surface area is 193 Å². The molecule has 0 radical (unpaired) electrons. The molecule has 1 aromatic carbocycles. The lowest BCUT2D eigenvalue weighted by molar-refractivity contribution is -0.140. The van der Waals surface area contributed by atoms with E-state index in [4.69, 9.17) is 0 Å². The maximum Gasteiger partial charge on any atom is 0.419 e. The van der Waals surface area contributed by atoms with Crippen molar-refractivity contribution in [3.05, 3.63) is 65.4 Å². The van der Waals surface area contributed by atoms with Crippen LogP contribution < -0.4 is 10.6 Å². The summed E-state index contributed by atoms with van der Waals surface area (Å²) < 4.78 is 94.8. The van der Waals surface area contributed by atoms with Crippen molar-refractivity contribution in [1.82, 2.24) is 25.1 Å². The van der Waals surface area contributed by atoms with Crippen LogP contribution in [-0.4, -0.2) is 38.1 Å². The third-order valence-corrected chi connectivity index (χ3v) is 5.28. The third kappa shape index (κ3) is 5.58. The highest BCUT2D eigenvalue weighted by molar-refractivity contribution is 5.92. The van der Waals surface area contributed by atoms with E-state index in [-0.39, 0.29) is 30.2 Å². The van der Waals surface area contributed by atoms with E-state index in [2.05, 4.69) is 25.7 Å². The first-order valence-corrected chi connectivity index (χ1v) is 10.3. The first-order valence-electron chi connectivity index (χ1n) is 10.3. The molecule has 1 aliphatic heterocycles. The van der Waals surface area contributed by atoms with Crippen molar-refractivity contribution >= 4 is 11.6 Å². The zero-order valence-electron chi connectivity index (χ0n) is 17.7. The Morgan fingerprint density at radius 2 is 2.00 bits per heavy atom. The molecule has 1 atom stereocenters. The molecule has 14 heteroatoms. The molecule has 0 spiro atoms. The number of nitrogens with one attached hydrogen (secondary N) is 2. The summed E-state index contributed by atoms with van der Waals surface area (Å²) in [5.41, 5.74) is -2.10. The van der Waals surface area contributed by atoms with Gasteiger partial charge in [0.2, 0.25) is 5.91 Å². The number of carbonyl (C=O) groups excluding carboxylic acids is 1. The number of carbonyl (C=O) groups is 1. The van der Waals surface area contributed by atoms with Crippen LogP contribution in [0.2, 0.25) is 0 Å². The summed E-state index contributed by atoms with van der Waals surface area (Å²) in [5.74, 6) is -6.30. The summed E-state index contributed by atoms with van der Waals surface area (Å²) in [6, 6.07) is 2.93. The molecular formula is C21H17F7N6O. The summed E-state index contributed by atoms with van der Waals surface area (Å²) in [5, 5.41) is 8.95. The lowest BCUT2D eigenvalue weighted by Gasteiger charge is -2.27. The van der Waals surface area contributed by atoms with E-state index in [1.807, 2.05) is 0 Å². The number of hydrogen-bond acceptors (Lipinski definition) is 5. The fourth-order valence-corrected chi connectivity index (χ4v) is 3.56. The molecular weight excluding hydrogens is 485 g/mol. The second-order valence-corrected chi connectivity index (χ2v) is 7.91. The van der Waals surface area contributed by atoms with Crippen molar-refractivity contribution in [1.29, 1.82) is 0 Å². The lowest BCUT2D eigenvalue weighted by atomic mass is 10.0. The van der Waals surface area contributed by atoms with Gasteiger partial charge in [-0.3, -0.25) is 4.79 Å². The van der Waals surface area contributed by atoms with Gasteiger partial charge in [-0.2, -0.15) is 17.9 Å². The maximum absolute atomic E-state index is 14.6. The predicted molar refractivity (Wildman–Crippen MR) is 108 cm³/mol. The highest BCUT2D eigenvalue weighted by Gasteiger charge is 2.37. The van der Waals surface area contributed by atoms with Crippen molar-refractivity contribution in [2.24, 2.45) is 0 Å². The summed E-state index contributed by atoms with van der Waals surface area (Å²) in [4.78, 5) is 20.1. The zero-order valence-corrected chi connectivity index (χ0v) is 17.7. The van der Waals surface area contributed by atoms with Gasteiger partial charge in [-0.1, -0.05) is 12.1 Å². The monoisotopic (exact) mass is 502 g/mol. The minimum Gasteiger partial charge on any atom is -0.324 e. The molecule has 4 rings (SSSR count). The number of anilines is 1. The van der Waals surface area contributed by atoms with Crippen molar-refractivity contribution in [2.75, 3.05) is 11.9 Å². The number of nitrogens with zero attached hydrogens (tertiary/aromatic N) is 4. The number of rotatable bonds is 5. The molecule has 1 unspecified atom stereocenters. The Bertz CT molecular complexity index is 1230. The molecule has 0 aliphatic carbocycles. The van der Waals surface area contributed by atoms with E-state index < -0.39 is 59.8 Å². The van der Waals surface area contributed by atoms with E-state index in [0.717, 1.165) is 35.4 Å². The molecule has 3 aromatic rings. The van der Waals surface area contributed by atoms with E-state index in [1.165, 1.54) is 0 Å². The van der Waals surface area contributed by atoms with Gasteiger partial charge >= 0.3 is 6.18 Å². The van der Waals surface area contributed by atoms with Gasteiger partial charge in [-0.25, -0.2) is 27.5 Å². The van der Waals surface area contributed by atoms with Crippen LogP contribution in [0.4, 0.5) is 36.4 Å². The average Bonchev–Trinajstić information content (AvgIpc) is 3.24. The zero-order chi connectivity index (χ0) is 25.4. The summed E-state index contributed by atoms with van der Waals surface area (Å²) >= 11 is 0. The van der Waals surface area contributed by atoms with Crippen molar-refractivity contribution in [2.45, 2.75) is 37.4 Å². The first-order chi connectivity index (χ1) is 16.4. The molecule has 7 nitrogen and oxygen atoms in total. The molecule has 1 amide bonds. The largest absolute Gasteiger partial charge is 0.419 e. The molecule has 1 saturated heterocycles. The Hall–Kier alpha value is -3.55. The van der Waals surface area contributed by atoms with Gasteiger partial charge < -0.3 is 10.6 Å². The van der Waals surface area contributed by atoms with Crippen LogP contribution in [0.5, 0.6) is 0 Å². The van der Waals surface area contributed by atoms with E-state index >= 15 is 0 Å². The van der Waals surface area contributed by atoms with Crippen LogP contribution in [-0.2, 0) is 17.4 Å². The number of benzene rings is 1. The van der Waals surface area contributed by atoms with Gasteiger partial charge in [-0.05, 0) is 18.1 Å². The fraction of sp³-hybridized carbons (Fsp3) is 0.333. The minimum atomic E-state index is -4.92.